The number of carbonyl (C=O) groups is 1. The number of rotatable bonds is 8. The van der Waals surface area contributed by atoms with E-state index in [1.807, 2.05) is 38.1 Å². The number of aromatic nitrogens is 2. The predicted molar refractivity (Wildman–Crippen MR) is 136 cm³/mol. The number of nitrogens with two attached hydrogens (primary N) is 1. The van der Waals surface area contributed by atoms with Crippen molar-refractivity contribution < 1.29 is 9.53 Å². The number of amides is 1. The Kier molecular flexibility index (Phi) is 8.84. The first-order valence-corrected chi connectivity index (χ1v) is 11.7. The molecule has 0 spiro atoms. The van der Waals surface area contributed by atoms with E-state index in [0.717, 1.165) is 44.9 Å². The number of hydrogen-bond donors (Lipinski definition) is 1. The first-order chi connectivity index (χ1) is 15.2. The molecule has 0 saturated heterocycles. The monoisotopic (exact) mass is 453 g/mol. The van der Waals surface area contributed by atoms with E-state index < -0.39 is 0 Å². The van der Waals surface area contributed by atoms with E-state index in [4.69, 9.17) is 15.5 Å². The van der Waals surface area contributed by atoms with E-state index in [0.29, 0.717) is 6.54 Å². The molecule has 2 aromatic heterocycles. The van der Waals surface area contributed by atoms with Crippen molar-refractivity contribution in [3.05, 3.63) is 65.5 Å². The molecule has 172 valence electrons. The van der Waals surface area contributed by atoms with Crippen LogP contribution in [0.4, 0.5) is 0 Å². The lowest BCUT2D eigenvalue weighted by atomic mass is 9.87. The van der Waals surface area contributed by atoms with Gasteiger partial charge in [-0.1, -0.05) is 45.1 Å². The zero-order valence-corrected chi connectivity index (χ0v) is 20.9. The van der Waals surface area contributed by atoms with Crippen LogP contribution in [0.15, 0.2) is 54.3 Å². The zero-order chi connectivity index (χ0) is 23.9. The number of hydrogen-bond acceptors (Lipinski definition) is 4. The Balaban J connectivity index is 0.000000534. The number of allylic oxidation sites excluding steroid dienone is 3. The normalized spacial score (nSPS) is 11.8. The van der Waals surface area contributed by atoms with Crippen LogP contribution in [0.3, 0.4) is 0 Å². The maximum atomic E-state index is 11.3. The number of benzene rings is 1. The minimum Gasteiger partial charge on any atom is -0.502 e. The van der Waals surface area contributed by atoms with Gasteiger partial charge in [0.2, 0.25) is 5.91 Å². The Labute approximate surface area is 195 Å². The zero-order valence-electron chi connectivity index (χ0n) is 20.1. The maximum Gasteiger partial charge on any atom is 0.221 e. The molecule has 1 aromatic carbocycles. The largest absolute Gasteiger partial charge is 0.502 e. The maximum absolute atomic E-state index is 11.3. The molecule has 0 aliphatic heterocycles. The van der Waals surface area contributed by atoms with Crippen LogP contribution < -0.4 is 5.73 Å². The number of nitrogens with zero attached hydrogens (tertiary/aromatic N) is 2. The molecule has 0 radical (unpaired) electrons. The molecule has 0 aliphatic rings. The first-order valence-electron chi connectivity index (χ1n) is 10.8. The van der Waals surface area contributed by atoms with Crippen LogP contribution in [0.5, 0.6) is 0 Å². The minimum atomic E-state index is -0.322. The topological polar surface area (TPSA) is 70.1 Å². The van der Waals surface area contributed by atoms with Crippen molar-refractivity contribution in [2.75, 3.05) is 7.11 Å². The highest BCUT2D eigenvalue weighted by Gasteiger charge is 2.23. The lowest BCUT2D eigenvalue weighted by Gasteiger charge is -2.19. The summed E-state index contributed by atoms with van der Waals surface area (Å²) in [7, 11) is 1.66. The van der Waals surface area contributed by atoms with Crippen LogP contribution in [0.2, 0.25) is 0 Å². The van der Waals surface area contributed by atoms with Crippen molar-refractivity contribution in [1.82, 2.24) is 9.55 Å². The van der Waals surface area contributed by atoms with Gasteiger partial charge in [-0.05, 0) is 31.9 Å². The average molecular weight is 454 g/mol. The van der Waals surface area contributed by atoms with Crippen LogP contribution in [-0.2, 0) is 27.9 Å². The van der Waals surface area contributed by atoms with Crippen LogP contribution in [0.25, 0.3) is 21.5 Å². The molecule has 0 fully saturated rings. The summed E-state index contributed by atoms with van der Waals surface area (Å²) in [5, 5.41) is 4.32. The van der Waals surface area contributed by atoms with Gasteiger partial charge in [0.1, 0.15) is 5.01 Å². The Bertz CT molecular complexity index is 1110. The second-order valence-corrected chi connectivity index (χ2v) is 9.22. The lowest BCUT2D eigenvalue weighted by molar-refractivity contribution is -0.117. The van der Waals surface area contributed by atoms with Gasteiger partial charge < -0.3 is 15.0 Å². The van der Waals surface area contributed by atoms with Crippen LogP contribution >= 0.6 is 11.3 Å². The van der Waals surface area contributed by atoms with Crippen molar-refractivity contribution in [2.45, 2.75) is 59.4 Å². The van der Waals surface area contributed by atoms with Gasteiger partial charge >= 0.3 is 0 Å². The summed E-state index contributed by atoms with van der Waals surface area (Å²) in [4.78, 5) is 16.2. The third-order valence-corrected chi connectivity index (χ3v) is 6.57. The predicted octanol–water partition coefficient (Wildman–Crippen LogP) is 6.22. The van der Waals surface area contributed by atoms with Crippen LogP contribution in [0.1, 0.15) is 52.3 Å². The van der Waals surface area contributed by atoms with E-state index in [2.05, 4.69) is 49.6 Å². The number of thiazole rings is 1. The number of fused-ring (bicyclic) bond motifs is 1. The Morgan fingerprint density at radius 2 is 2.09 bits per heavy atom. The number of primary amides is 1. The van der Waals surface area contributed by atoms with Crippen LogP contribution in [0, 0.1) is 0 Å². The highest BCUT2D eigenvalue weighted by molar-refractivity contribution is 7.13. The molecule has 3 rings (SSSR count). The molecule has 0 saturated carbocycles. The fraction of sp³-hybridized carbons (Fsp3) is 0.385. The molecule has 0 atom stereocenters. The molecule has 0 unspecified atom stereocenters. The molecule has 5 nitrogen and oxygen atoms in total. The third-order valence-electron chi connectivity index (χ3n) is 5.69. The number of carbonyl (C=O) groups excluding carboxylic acids is 1. The Morgan fingerprint density at radius 3 is 2.62 bits per heavy atom. The SMILES string of the molecule is C/C=C(\C)OC.C=CCn1cc(-c2nc(C(C)(C)CC)cs2)c2ccc(CC(N)=O)cc21. The molecule has 0 aliphatic carbocycles. The molecule has 2 heterocycles. The molecule has 3 aromatic rings. The fourth-order valence-corrected chi connectivity index (χ4v) is 4.15. The summed E-state index contributed by atoms with van der Waals surface area (Å²) in [5.41, 5.74) is 9.67. The van der Waals surface area contributed by atoms with Crippen molar-refractivity contribution in [3.8, 4) is 10.6 Å². The van der Waals surface area contributed by atoms with Gasteiger partial charge in [-0.3, -0.25) is 4.79 Å². The Hall–Kier alpha value is -2.86. The molecular weight excluding hydrogens is 418 g/mol. The van der Waals surface area contributed by atoms with Gasteiger partial charge in [-0.25, -0.2) is 4.98 Å². The summed E-state index contributed by atoms with van der Waals surface area (Å²) >= 11 is 1.68. The first kappa shape index (κ1) is 25.4. The number of ether oxygens (including phenoxy) is 1. The van der Waals surface area contributed by atoms with Gasteiger partial charge in [-0.2, -0.15) is 0 Å². The second-order valence-electron chi connectivity index (χ2n) is 8.36. The van der Waals surface area contributed by atoms with E-state index in [-0.39, 0.29) is 17.7 Å². The summed E-state index contributed by atoms with van der Waals surface area (Å²) in [6.45, 7) is 15.1. The lowest BCUT2D eigenvalue weighted by Crippen LogP contribution is -2.15. The van der Waals surface area contributed by atoms with Gasteiger partial charge in [0.25, 0.3) is 0 Å². The second kappa shape index (κ2) is 11.1. The highest BCUT2D eigenvalue weighted by atomic mass is 32.1. The van der Waals surface area contributed by atoms with Crippen molar-refractivity contribution in [1.29, 1.82) is 0 Å². The number of methoxy groups -OCH3 is 1. The van der Waals surface area contributed by atoms with Gasteiger partial charge in [-0.15, -0.1) is 17.9 Å². The van der Waals surface area contributed by atoms with E-state index in [9.17, 15) is 4.79 Å². The molecule has 0 bridgehead atoms. The van der Waals surface area contributed by atoms with Crippen LogP contribution in [-0.4, -0.2) is 22.6 Å². The molecular formula is C26H35N3O2S. The molecule has 6 heteroatoms. The van der Waals surface area contributed by atoms with Gasteiger partial charge in [0, 0.05) is 40.0 Å². The smallest absolute Gasteiger partial charge is 0.221 e. The standard InChI is InChI=1S/C21H25N3OS.C5H10O/c1-5-9-24-12-16(20-23-18(13-26-20)21(3,4)6-2)15-8-7-14(10-17(15)24)11-19(22)25;1-4-5(2)6-3/h5,7-8,10,12-13H,1,6,9,11H2,2-4H3,(H2,22,25);4H,1-3H3/b;5-4+. The van der Waals surface area contributed by atoms with E-state index in [1.54, 1.807) is 18.4 Å². The average Bonchev–Trinajstić information content (AvgIpc) is 3.39. The minimum absolute atomic E-state index is 0.0723. The quantitative estimate of drug-likeness (QED) is 0.325. The van der Waals surface area contributed by atoms with Crippen molar-refractivity contribution in [3.63, 3.8) is 0 Å². The van der Waals surface area contributed by atoms with E-state index in [1.165, 1.54) is 0 Å². The summed E-state index contributed by atoms with van der Waals surface area (Å²) in [5.74, 6) is 0.646. The molecule has 1 amide bonds. The van der Waals surface area contributed by atoms with Gasteiger partial charge in [0.05, 0.1) is 25.0 Å². The molecule has 2 N–H and O–H groups in total. The van der Waals surface area contributed by atoms with Gasteiger partial charge in [0.15, 0.2) is 0 Å². The highest BCUT2D eigenvalue weighted by Crippen LogP contribution is 2.36. The summed E-state index contributed by atoms with van der Waals surface area (Å²) < 4.78 is 6.91. The molecule has 32 heavy (non-hydrogen) atoms. The summed E-state index contributed by atoms with van der Waals surface area (Å²) in [6.07, 6.45) is 7.21. The Morgan fingerprint density at radius 1 is 1.38 bits per heavy atom. The fourth-order valence-electron chi connectivity index (χ4n) is 3.12. The summed E-state index contributed by atoms with van der Waals surface area (Å²) in [6, 6.07) is 6.07. The third kappa shape index (κ3) is 6.10. The van der Waals surface area contributed by atoms with E-state index >= 15 is 0 Å². The van der Waals surface area contributed by atoms with Crippen molar-refractivity contribution in [2.24, 2.45) is 5.73 Å². The van der Waals surface area contributed by atoms with Crippen molar-refractivity contribution >= 4 is 28.1 Å².